The van der Waals surface area contributed by atoms with Crippen LogP contribution in [0.25, 0.3) is 0 Å². The lowest BCUT2D eigenvalue weighted by Gasteiger charge is -2.17. The molecular weight excluding hydrogens is 316 g/mol. The van der Waals surface area contributed by atoms with Gasteiger partial charge in [0.1, 0.15) is 0 Å². The monoisotopic (exact) mass is 356 g/mol. The zero-order valence-corrected chi connectivity index (χ0v) is 17.0. The minimum absolute atomic E-state index is 0.0237. The molecule has 0 bridgehead atoms. The molecule has 4 nitrogen and oxygen atoms in total. The summed E-state index contributed by atoms with van der Waals surface area (Å²) in [5.74, 6) is -0.440. The normalized spacial score (nSPS) is 11.4. The molecular formula is C21H40O4. The van der Waals surface area contributed by atoms with Gasteiger partial charge in [0.25, 0.3) is 0 Å². The predicted octanol–water partition coefficient (Wildman–Crippen LogP) is 5.82. The fourth-order valence-corrected chi connectivity index (χ4v) is 2.42. The first-order chi connectivity index (χ1) is 11.8. The SMILES string of the molecule is CCCCCCCCCCCOC(=O)CCCC(=O)OCC(C)(C)C. The highest BCUT2D eigenvalue weighted by Crippen LogP contribution is 2.14. The Hall–Kier alpha value is -1.06. The first-order valence-electron chi connectivity index (χ1n) is 10.2. The van der Waals surface area contributed by atoms with Crippen molar-refractivity contribution in [3.8, 4) is 0 Å². The highest BCUT2D eigenvalue weighted by molar-refractivity contribution is 5.72. The Balaban J connectivity index is 3.37. The van der Waals surface area contributed by atoms with Gasteiger partial charge >= 0.3 is 11.9 Å². The van der Waals surface area contributed by atoms with Crippen molar-refractivity contribution < 1.29 is 19.1 Å². The van der Waals surface area contributed by atoms with Crippen LogP contribution in [-0.2, 0) is 19.1 Å². The van der Waals surface area contributed by atoms with Gasteiger partial charge in [0.2, 0.25) is 0 Å². The van der Waals surface area contributed by atoms with Crippen LogP contribution in [0.5, 0.6) is 0 Å². The second kappa shape index (κ2) is 15.2. The summed E-state index contributed by atoms with van der Waals surface area (Å²) in [7, 11) is 0. The van der Waals surface area contributed by atoms with Crippen LogP contribution in [0.1, 0.15) is 105 Å². The topological polar surface area (TPSA) is 52.6 Å². The van der Waals surface area contributed by atoms with Crippen LogP contribution in [-0.4, -0.2) is 25.2 Å². The molecule has 0 rings (SSSR count). The van der Waals surface area contributed by atoms with Gasteiger partial charge in [0.15, 0.2) is 0 Å². The van der Waals surface area contributed by atoms with Gasteiger partial charge in [0.05, 0.1) is 13.2 Å². The van der Waals surface area contributed by atoms with E-state index in [1.807, 2.05) is 20.8 Å². The standard InChI is InChI=1S/C21H40O4/c1-5-6-7-8-9-10-11-12-13-17-24-19(22)15-14-16-20(23)25-18-21(2,3)4/h5-18H2,1-4H3. The Labute approximate surface area is 155 Å². The van der Waals surface area contributed by atoms with Gasteiger partial charge < -0.3 is 9.47 Å². The van der Waals surface area contributed by atoms with E-state index in [0.717, 1.165) is 12.8 Å². The van der Waals surface area contributed by atoms with Crippen LogP contribution in [0.4, 0.5) is 0 Å². The maximum absolute atomic E-state index is 11.6. The number of carbonyl (C=O) groups excluding carboxylic acids is 2. The number of ether oxygens (including phenoxy) is 2. The van der Waals surface area contributed by atoms with Gasteiger partial charge in [-0.2, -0.15) is 0 Å². The molecule has 0 amide bonds. The molecule has 0 N–H and O–H groups in total. The van der Waals surface area contributed by atoms with E-state index in [1.165, 1.54) is 44.9 Å². The number of esters is 2. The molecule has 0 saturated heterocycles. The number of rotatable bonds is 15. The first-order valence-corrected chi connectivity index (χ1v) is 10.2. The van der Waals surface area contributed by atoms with Gasteiger partial charge in [-0.15, -0.1) is 0 Å². The molecule has 4 heteroatoms. The Bertz CT molecular complexity index is 344. The van der Waals surface area contributed by atoms with E-state index in [9.17, 15) is 9.59 Å². The Morgan fingerprint density at radius 3 is 1.68 bits per heavy atom. The molecule has 0 radical (unpaired) electrons. The molecule has 0 heterocycles. The van der Waals surface area contributed by atoms with Crippen molar-refractivity contribution in [1.29, 1.82) is 0 Å². The third-order valence-corrected chi connectivity index (χ3v) is 3.94. The molecule has 0 aromatic heterocycles. The summed E-state index contributed by atoms with van der Waals surface area (Å²) in [4.78, 5) is 23.1. The molecule has 0 fully saturated rings. The van der Waals surface area contributed by atoms with E-state index in [2.05, 4.69) is 6.92 Å². The van der Waals surface area contributed by atoms with Gasteiger partial charge in [-0.05, 0) is 18.3 Å². The second-order valence-electron chi connectivity index (χ2n) is 8.12. The van der Waals surface area contributed by atoms with Crippen LogP contribution in [0.3, 0.4) is 0 Å². The molecule has 25 heavy (non-hydrogen) atoms. The summed E-state index contributed by atoms with van der Waals surface area (Å²) in [6, 6.07) is 0. The molecule has 148 valence electrons. The maximum Gasteiger partial charge on any atom is 0.305 e. The van der Waals surface area contributed by atoms with Crippen molar-refractivity contribution in [2.45, 2.75) is 105 Å². The average Bonchev–Trinajstić information content (AvgIpc) is 2.54. The molecule has 0 aromatic carbocycles. The van der Waals surface area contributed by atoms with Crippen molar-refractivity contribution in [3.63, 3.8) is 0 Å². The second-order valence-corrected chi connectivity index (χ2v) is 8.12. The van der Waals surface area contributed by atoms with Gasteiger partial charge in [-0.3, -0.25) is 9.59 Å². The van der Waals surface area contributed by atoms with E-state index in [4.69, 9.17) is 9.47 Å². The Morgan fingerprint density at radius 1 is 0.680 bits per heavy atom. The smallest absolute Gasteiger partial charge is 0.305 e. The minimum Gasteiger partial charge on any atom is -0.466 e. The molecule has 0 spiro atoms. The van der Waals surface area contributed by atoms with E-state index in [0.29, 0.717) is 26.1 Å². The van der Waals surface area contributed by atoms with Crippen LogP contribution in [0, 0.1) is 5.41 Å². The lowest BCUT2D eigenvalue weighted by atomic mass is 9.99. The summed E-state index contributed by atoms with van der Waals surface area (Å²) >= 11 is 0. The fourth-order valence-electron chi connectivity index (χ4n) is 2.42. The molecule has 0 unspecified atom stereocenters. The minimum atomic E-state index is -0.235. The van der Waals surface area contributed by atoms with Gasteiger partial charge in [-0.25, -0.2) is 0 Å². The molecule has 0 aliphatic heterocycles. The van der Waals surface area contributed by atoms with E-state index in [1.54, 1.807) is 0 Å². The Morgan fingerprint density at radius 2 is 1.16 bits per heavy atom. The third kappa shape index (κ3) is 19.1. The molecule has 0 saturated carbocycles. The lowest BCUT2D eigenvalue weighted by molar-refractivity contribution is -0.147. The molecule has 0 aliphatic rings. The molecule has 0 aliphatic carbocycles. The van der Waals surface area contributed by atoms with Crippen molar-refractivity contribution in [2.24, 2.45) is 5.41 Å². The van der Waals surface area contributed by atoms with Gasteiger partial charge in [-0.1, -0.05) is 79.1 Å². The van der Waals surface area contributed by atoms with Gasteiger partial charge in [0, 0.05) is 12.8 Å². The molecule has 0 aromatic rings. The predicted molar refractivity (Wildman–Crippen MR) is 102 cm³/mol. The number of carbonyl (C=O) groups is 2. The van der Waals surface area contributed by atoms with Crippen LogP contribution in [0.2, 0.25) is 0 Å². The summed E-state index contributed by atoms with van der Waals surface area (Å²) < 4.78 is 10.4. The summed E-state index contributed by atoms with van der Waals surface area (Å²) in [5.41, 5.74) is -0.0237. The number of unbranched alkanes of at least 4 members (excludes halogenated alkanes) is 8. The van der Waals surface area contributed by atoms with Crippen molar-refractivity contribution in [1.82, 2.24) is 0 Å². The average molecular weight is 357 g/mol. The maximum atomic E-state index is 11.6. The van der Waals surface area contributed by atoms with E-state index in [-0.39, 0.29) is 23.8 Å². The van der Waals surface area contributed by atoms with Crippen molar-refractivity contribution >= 4 is 11.9 Å². The quantitative estimate of drug-likeness (QED) is 0.274. The van der Waals surface area contributed by atoms with E-state index >= 15 is 0 Å². The van der Waals surface area contributed by atoms with Crippen LogP contribution < -0.4 is 0 Å². The van der Waals surface area contributed by atoms with E-state index < -0.39 is 0 Å². The number of hydrogen-bond donors (Lipinski definition) is 0. The zero-order chi connectivity index (χ0) is 19.0. The highest BCUT2D eigenvalue weighted by atomic mass is 16.5. The first kappa shape index (κ1) is 23.9. The zero-order valence-electron chi connectivity index (χ0n) is 17.0. The van der Waals surface area contributed by atoms with Crippen LogP contribution >= 0.6 is 0 Å². The highest BCUT2D eigenvalue weighted by Gasteiger charge is 2.14. The largest absolute Gasteiger partial charge is 0.466 e. The van der Waals surface area contributed by atoms with Crippen LogP contribution in [0.15, 0.2) is 0 Å². The lowest BCUT2D eigenvalue weighted by Crippen LogP contribution is -2.18. The molecule has 0 atom stereocenters. The third-order valence-electron chi connectivity index (χ3n) is 3.94. The summed E-state index contributed by atoms with van der Waals surface area (Å²) in [6.45, 7) is 9.20. The number of hydrogen-bond acceptors (Lipinski definition) is 4. The summed E-state index contributed by atoms with van der Waals surface area (Å²) in [5, 5.41) is 0. The van der Waals surface area contributed by atoms with Crippen molar-refractivity contribution in [2.75, 3.05) is 13.2 Å². The van der Waals surface area contributed by atoms with Crippen molar-refractivity contribution in [3.05, 3.63) is 0 Å². The Kier molecular flexibility index (Phi) is 14.6. The fraction of sp³-hybridized carbons (Fsp3) is 0.905. The summed E-state index contributed by atoms with van der Waals surface area (Å²) in [6.07, 6.45) is 12.3.